The topological polar surface area (TPSA) is 29.1 Å². The first-order valence-electron chi connectivity index (χ1n) is 7.13. The van der Waals surface area contributed by atoms with Gasteiger partial charge in [0.2, 0.25) is 5.91 Å². The number of benzene rings is 2. The van der Waals surface area contributed by atoms with Gasteiger partial charge in [0.25, 0.3) is 0 Å². The van der Waals surface area contributed by atoms with Crippen LogP contribution in [0.25, 0.3) is 0 Å². The van der Waals surface area contributed by atoms with E-state index in [9.17, 15) is 4.79 Å². The second-order valence-electron chi connectivity index (χ2n) is 4.81. The average molecular weight is 431 g/mol. The molecule has 0 aliphatic rings. The van der Waals surface area contributed by atoms with E-state index in [1.807, 2.05) is 43.3 Å². The lowest BCUT2D eigenvalue weighted by atomic mass is 10.4. The van der Waals surface area contributed by atoms with Gasteiger partial charge in [0.15, 0.2) is 0 Å². The summed E-state index contributed by atoms with van der Waals surface area (Å²) in [5.41, 5.74) is 0. The van der Waals surface area contributed by atoms with Crippen molar-refractivity contribution in [3.63, 3.8) is 0 Å². The van der Waals surface area contributed by atoms with Crippen LogP contribution >= 0.6 is 51.1 Å². The van der Waals surface area contributed by atoms with E-state index in [4.69, 9.17) is 11.6 Å². The Balaban J connectivity index is 1.69. The molecule has 0 radical (unpaired) electrons. The van der Waals surface area contributed by atoms with E-state index in [1.54, 1.807) is 11.8 Å². The van der Waals surface area contributed by atoms with Crippen LogP contribution in [0.2, 0.25) is 5.02 Å². The summed E-state index contributed by atoms with van der Waals surface area (Å²) in [5.74, 6) is 0.910. The number of carbonyl (C=O) groups is 1. The van der Waals surface area contributed by atoms with E-state index in [2.05, 4.69) is 33.4 Å². The average Bonchev–Trinajstić information content (AvgIpc) is 2.55. The van der Waals surface area contributed by atoms with Crippen molar-refractivity contribution < 1.29 is 4.79 Å². The summed E-state index contributed by atoms with van der Waals surface area (Å²) in [6, 6.07) is 15.7. The zero-order valence-electron chi connectivity index (χ0n) is 12.6. The van der Waals surface area contributed by atoms with E-state index in [0.29, 0.717) is 11.6 Å². The lowest BCUT2D eigenvalue weighted by Gasteiger charge is -2.12. The summed E-state index contributed by atoms with van der Waals surface area (Å²) in [6.45, 7) is 2.57. The molecule has 0 saturated heterocycles. The standard InChI is InChI=1S/C17H17BrClNOS2/c1-12(23-16-8-4-14(19)5-9-16)17(21)20-10-11-22-15-6-2-13(18)3-7-15/h2-9,12H,10-11H2,1H3,(H,20,21). The first-order chi connectivity index (χ1) is 11.0. The van der Waals surface area contributed by atoms with Gasteiger partial charge in [-0.1, -0.05) is 27.5 Å². The maximum absolute atomic E-state index is 12.1. The lowest BCUT2D eigenvalue weighted by molar-refractivity contribution is -0.120. The molecule has 23 heavy (non-hydrogen) atoms. The molecule has 2 nitrogen and oxygen atoms in total. The van der Waals surface area contributed by atoms with E-state index in [-0.39, 0.29) is 11.2 Å². The van der Waals surface area contributed by atoms with Gasteiger partial charge in [-0.2, -0.15) is 0 Å². The predicted molar refractivity (Wildman–Crippen MR) is 105 cm³/mol. The maximum Gasteiger partial charge on any atom is 0.233 e. The Morgan fingerprint density at radius 3 is 2.39 bits per heavy atom. The number of halogens is 2. The molecule has 122 valence electrons. The van der Waals surface area contributed by atoms with Crippen LogP contribution in [0.15, 0.2) is 62.8 Å². The molecule has 1 unspecified atom stereocenters. The number of rotatable bonds is 7. The van der Waals surface area contributed by atoms with E-state index >= 15 is 0 Å². The van der Waals surface area contributed by atoms with Gasteiger partial charge in [-0.05, 0) is 55.5 Å². The minimum Gasteiger partial charge on any atom is -0.354 e. The van der Waals surface area contributed by atoms with Crippen molar-refractivity contribution in [3.8, 4) is 0 Å². The third-order valence-corrected chi connectivity index (χ3v) is 5.89. The van der Waals surface area contributed by atoms with Crippen molar-refractivity contribution in [1.29, 1.82) is 0 Å². The van der Waals surface area contributed by atoms with Gasteiger partial charge in [-0.25, -0.2) is 0 Å². The Morgan fingerprint density at radius 1 is 1.13 bits per heavy atom. The van der Waals surface area contributed by atoms with Crippen molar-refractivity contribution in [1.82, 2.24) is 5.32 Å². The largest absolute Gasteiger partial charge is 0.354 e. The number of nitrogens with one attached hydrogen (secondary N) is 1. The molecule has 0 heterocycles. The molecular formula is C17H17BrClNOS2. The van der Waals surface area contributed by atoms with E-state index in [1.165, 1.54) is 16.7 Å². The van der Waals surface area contributed by atoms with Crippen molar-refractivity contribution >= 4 is 57.0 Å². The van der Waals surface area contributed by atoms with Crippen LogP contribution in [0, 0.1) is 0 Å². The summed E-state index contributed by atoms with van der Waals surface area (Å²) in [7, 11) is 0. The van der Waals surface area contributed by atoms with Crippen LogP contribution in [0.3, 0.4) is 0 Å². The van der Waals surface area contributed by atoms with Crippen molar-refractivity contribution in [2.45, 2.75) is 22.0 Å². The number of hydrogen-bond acceptors (Lipinski definition) is 3. The molecule has 0 aromatic heterocycles. The Bertz CT molecular complexity index is 634. The number of thioether (sulfide) groups is 2. The quantitative estimate of drug-likeness (QED) is 0.465. The Hall–Kier alpha value is -0.620. The number of carbonyl (C=O) groups excluding carboxylic acids is 1. The number of hydrogen-bond donors (Lipinski definition) is 1. The van der Waals surface area contributed by atoms with Crippen molar-refractivity contribution in [2.75, 3.05) is 12.3 Å². The van der Waals surface area contributed by atoms with Crippen LogP contribution < -0.4 is 5.32 Å². The fourth-order valence-electron chi connectivity index (χ4n) is 1.79. The van der Waals surface area contributed by atoms with Gasteiger partial charge in [-0.15, -0.1) is 23.5 Å². The first kappa shape index (κ1) is 18.7. The molecule has 0 spiro atoms. The fourth-order valence-corrected chi connectivity index (χ4v) is 3.84. The van der Waals surface area contributed by atoms with Gasteiger partial charge in [0, 0.05) is 31.6 Å². The molecular weight excluding hydrogens is 414 g/mol. The van der Waals surface area contributed by atoms with Crippen molar-refractivity contribution in [3.05, 3.63) is 58.0 Å². The fraction of sp³-hybridized carbons (Fsp3) is 0.235. The zero-order chi connectivity index (χ0) is 16.7. The molecule has 2 aromatic rings. The highest BCUT2D eigenvalue weighted by atomic mass is 79.9. The van der Waals surface area contributed by atoms with Crippen LogP contribution in [-0.4, -0.2) is 23.5 Å². The molecule has 1 amide bonds. The summed E-state index contributed by atoms with van der Waals surface area (Å²) in [4.78, 5) is 14.3. The van der Waals surface area contributed by atoms with Gasteiger partial charge < -0.3 is 5.32 Å². The highest BCUT2D eigenvalue weighted by Gasteiger charge is 2.13. The molecule has 2 aromatic carbocycles. The Labute approximate surface area is 158 Å². The third-order valence-electron chi connectivity index (χ3n) is 2.98. The molecule has 0 fully saturated rings. The maximum atomic E-state index is 12.1. The molecule has 1 atom stereocenters. The highest BCUT2D eigenvalue weighted by Crippen LogP contribution is 2.25. The van der Waals surface area contributed by atoms with Gasteiger partial charge in [0.05, 0.1) is 5.25 Å². The molecule has 6 heteroatoms. The Kier molecular flexibility index (Phi) is 7.83. The first-order valence-corrected chi connectivity index (χ1v) is 10.2. The summed E-state index contributed by atoms with van der Waals surface area (Å²) in [6.07, 6.45) is 0. The minimum atomic E-state index is -0.131. The second kappa shape index (κ2) is 9.62. The second-order valence-corrected chi connectivity index (χ2v) is 8.74. The predicted octanol–water partition coefficient (Wildman–Crippen LogP) is 5.49. The van der Waals surface area contributed by atoms with Crippen LogP contribution in [0.4, 0.5) is 0 Å². The van der Waals surface area contributed by atoms with Crippen LogP contribution in [0.1, 0.15) is 6.92 Å². The molecule has 0 saturated carbocycles. The van der Waals surface area contributed by atoms with E-state index < -0.39 is 0 Å². The van der Waals surface area contributed by atoms with E-state index in [0.717, 1.165) is 15.1 Å². The smallest absolute Gasteiger partial charge is 0.233 e. The summed E-state index contributed by atoms with van der Waals surface area (Å²) in [5, 5.41) is 3.55. The van der Waals surface area contributed by atoms with Crippen LogP contribution in [0.5, 0.6) is 0 Å². The normalized spacial score (nSPS) is 12.0. The summed E-state index contributed by atoms with van der Waals surface area (Å²) < 4.78 is 1.07. The Morgan fingerprint density at radius 2 is 1.74 bits per heavy atom. The highest BCUT2D eigenvalue weighted by molar-refractivity contribution is 9.10. The summed E-state index contributed by atoms with van der Waals surface area (Å²) >= 11 is 12.5. The molecule has 0 aliphatic heterocycles. The van der Waals surface area contributed by atoms with Crippen molar-refractivity contribution in [2.24, 2.45) is 0 Å². The molecule has 1 N–H and O–H groups in total. The molecule has 0 aliphatic carbocycles. The zero-order valence-corrected chi connectivity index (χ0v) is 16.6. The van der Waals surface area contributed by atoms with Gasteiger partial charge in [0.1, 0.15) is 0 Å². The third kappa shape index (κ3) is 6.79. The van der Waals surface area contributed by atoms with Gasteiger partial charge >= 0.3 is 0 Å². The number of amides is 1. The minimum absolute atomic E-state index is 0.0568. The molecule has 2 rings (SSSR count). The van der Waals surface area contributed by atoms with Crippen LogP contribution in [-0.2, 0) is 4.79 Å². The SMILES string of the molecule is CC(Sc1ccc(Cl)cc1)C(=O)NCCSc1ccc(Br)cc1. The molecule has 0 bridgehead atoms. The monoisotopic (exact) mass is 429 g/mol. The van der Waals surface area contributed by atoms with Gasteiger partial charge in [-0.3, -0.25) is 4.79 Å². The lowest BCUT2D eigenvalue weighted by Crippen LogP contribution is -2.32.